The second-order valence-electron chi connectivity index (χ2n) is 3.29. The fraction of sp³-hybridized carbons (Fsp3) is 0.0909. The Hall–Kier alpha value is -1.26. The molecule has 0 saturated carbocycles. The van der Waals surface area contributed by atoms with Crippen molar-refractivity contribution in [2.24, 2.45) is 0 Å². The molecule has 0 unspecified atom stereocenters. The van der Waals surface area contributed by atoms with Gasteiger partial charge in [0.2, 0.25) is 0 Å². The number of benzene rings is 1. The minimum atomic E-state index is -0.468. The standard InChI is InChI=1S/C11H10ClFN2S/c12-8-4-10(14)11(5-9(8)13)15-6-7-2-1-3-16-7/h1-5,15H,6,14H2. The summed E-state index contributed by atoms with van der Waals surface area (Å²) in [5.41, 5.74) is 6.73. The maximum Gasteiger partial charge on any atom is 0.143 e. The van der Waals surface area contributed by atoms with E-state index in [0.717, 1.165) is 4.88 Å². The van der Waals surface area contributed by atoms with E-state index in [1.807, 2.05) is 17.5 Å². The van der Waals surface area contributed by atoms with Gasteiger partial charge in [-0.1, -0.05) is 17.7 Å². The Morgan fingerprint density at radius 2 is 2.25 bits per heavy atom. The van der Waals surface area contributed by atoms with Gasteiger partial charge >= 0.3 is 0 Å². The number of thiophene rings is 1. The van der Waals surface area contributed by atoms with Crippen LogP contribution in [0.4, 0.5) is 15.8 Å². The second kappa shape index (κ2) is 4.72. The number of halogens is 2. The first-order valence-corrected chi connectivity index (χ1v) is 5.93. The van der Waals surface area contributed by atoms with Crippen LogP contribution in [0.1, 0.15) is 4.88 Å². The maximum atomic E-state index is 13.2. The summed E-state index contributed by atoms with van der Waals surface area (Å²) in [6.07, 6.45) is 0. The minimum Gasteiger partial charge on any atom is -0.397 e. The molecule has 2 nitrogen and oxygen atoms in total. The van der Waals surface area contributed by atoms with Crippen molar-refractivity contribution in [1.82, 2.24) is 0 Å². The first-order valence-electron chi connectivity index (χ1n) is 4.67. The quantitative estimate of drug-likeness (QED) is 0.821. The smallest absolute Gasteiger partial charge is 0.143 e. The van der Waals surface area contributed by atoms with Crippen molar-refractivity contribution >= 4 is 34.3 Å². The van der Waals surface area contributed by atoms with E-state index in [1.54, 1.807) is 11.3 Å². The normalized spacial score (nSPS) is 10.4. The van der Waals surface area contributed by atoms with Crippen LogP contribution in [0.2, 0.25) is 5.02 Å². The Balaban J connectivity index is 2.12. The first-order chi connectivity index (χ1) is 7.66. The van der Waals surface area contributed by atoms with E-state index in [9.17, 15) is 4.39 Å². The second-order valence-corrected chi connectivity index (χ2v) is 4.73. The van der Waals surface area contributed by atoms with E-state index in [1.165, 1.54) is 12.1 Å². The highest BCUT2D eigenvalue weighted by Gasteiger charge is 2.06. The lowest BCUT2D eigenvalue weighted by Crippen LogP contribution is -2.02. The van der Waals surface area contributed by atoms with Crippen molar-refractivity contribution in [2.75, 3.05) is 11.1 Å². The Morgan fingerprint density at radius 1 is 1.44 bits per heavy atom. The van der Waals surface area contributed by atoms with E-state index in [4.69, 9.17) is 17.3 Å². The summed E-state index contributed by atoms with van der Waals surface area (Å²) in [4.78, 5) is 1.16. The third kappa shape index (κ3) is 2.46. The van der Waals surface area contributed by atoms with Gasteiger partial charge in [0, 0.05) is 17.5 Å². The van der Waals surface area contributed by atoms with Gasteiger partial charge in [-0.05, 0) is 17.5 Å². The number of nitrogens with one attached hydrogen (secondary N) is 1. The lowest BCUT2D eigenvalue weighted by atomic mass is 10.2. The third-order valence-corrected chi connectivity index (χ3v) is 3.29. The lowest BCUT2D eigenvalue weighted by molar-refractivity contribution is 0.629. The molecule has 16 heavy (non-hydrogen) atoms. The Morgan fingerprint density at radius 3 is 2.94 bits per heavy atom. The number of hydrogen-bond donors (Lipinski definition) is 2. The highest BCUT2D eigenvalue weighted by molar-refractivity contribution is 7.09. The zero-order valence-electron chi connectivity index (χ0n) is 8.34. The van der Waals surface area contributed by atoms with E-state index < -0.39 is 5.82 Å². The molecule has 1 aromatic heterocycles. The molecule has 0 spiro atoms. The highest BCUT2D eigenvalue weighted by atomic mass is 35.5. The van der Waals surface area contributed by atoms with E-state index in [0.29, 0.717) is 17.9 Å². The van der Waals surface area contributed by atoms with Crippen molar-refractivity contribution in [3.8, 4) is 0 Å². The van der Waals surface area contributed by atoms with E-state index in [2.05, 4.69) is 5.32 Å². The van der Waals surface area contributed by atoms with Gasteiger partial charge in [-0.2, -0.15) is 0 Å². The van der Waals surface area contributed by atoms with Crippen LogP contribution in [0.3, 0.4) is 0 Å². The number of anilines is 2. The molecular formula is C11H10ClFN2S. The summed E-state index contributed by atoms with van der Waals surface area (Å²) >= 11 is 7.24. The predicted octanol–water partition coefficient (Wildman–Crippen LogP) is 3.73. The van der Waals surface area contributed by atoms with Gasteiger partial charge in [-0.3, -0.25) is 0 Å². The molecule has 0 atom stereocenters. The molecule has 0 amide bonds. The van der Waals surface area contributed by atoms with Crippen LogP contribution >= 0.6 is 22.9 Å². The molecule has 1 heterocycles. The molecule has 0 saturated heterocycles. The van der Waals surface area contributed by atoms with Crippen LogP contribution in [0.15, 0.2) is 29.6 Å². The summed E-state index contributed by atoms with van der Waals surface area (Å²) in [6, 6.07) is 6.69. The number of nitrogen functional groups attached to an aromatic ring is 1. The van der Waals surface area contributed by atoms with Gasteiger partial charge in [0.25, 0.3) is 0 Å². The Bertz CT molecular complexity index is 485. The van der Waals surface area contributed by atoms with Crippen LogP contribution in [-0.4, -0.2) is 0 Å². The average molecular weight is 257 g/mol. The summed E-state index contributed by atoms with van der Waals surface area (Å²) in [5.74, 6) is -0.468. The zero-order chi connectivity index (χ0) is 11.5. The molecular weight excluding hydrogens is 247 g/mol. The molecule has 1 aromatic carbocycles. The summed E-state index contributed by atoms with van der Waals surface area (Å²) in [7, 11) is 0. The predicted molar refractivity (Wildman–Crippen MR) is 67.5 cm³/mol. The average Bonchev–Trinajstić information content (AvgIpc) is 2.74. The summed E-state index contributed by atoms with van der Waals surface area (Å²) in [5, 5.41) is 5.10. The van der Waals surface area contributed by atoms with Gasteiger partial charge in [0.15, 0.2) is 0 Å². The minimum absolute atomic E-state index is 0.0409. The van der Waals surface area contributed by atoms with Crippen LogP contribution in [0, 0.1) is 5.82 Å². The fourth-order valence-corrected chi connectivity index (χ4v) is 2.13. The number of rotatable bonds is 3. The van der Waals surface area contributed by atoms with Gasteiger partial charge < -0.3 is 11.1 Å². The molecule has 0 radical (unpaired) electrons. The van der Waals surface area contributed by atoms with Crippen molar-refractivity contribution in [3.63, 3.8) is 0 Å². The Labute approximate surface area is 102 Å². The molecule has 0 fully saturated rings. The lowest BCUT2D eigenvalue weighted by Gasteiger charge is -2.09. The highest BCUT2D eigenvalue weighted by Crippen LogP contribution is 2.26. The van der Waals surface area contributed by atoms with Crippen molar-refractivity contribution in [2.45, 2.75) is 6.54 Å². The molecule has 3 N–H and O–H groups in total. The SMILES string of the molecule is Nc1cc(Cl)c(F)cc1NCc1cccs1. The van der Waals surface area contributed by atoms with Crippen molar-refractivity contribution < 1.29 is 4.39 Å². The topological polar surface area (TPSA) is 38.0 Å². The largest absolute Gasteiger partial charge is 0.397 e. The fourth-order valence-electron chi connectivity index (χ4n) is 1.31. The maximum absolute atomic E-state index is 13.2. The van der Waals surface area contributed by atoms with Crippen LogP contribution in [0.5, 0.6) is 0 Å². The van der Waals surface area contributed by atoms with Gasteiger partial charge in [0.1, 0.15) is 5.82 Å². The van der Waals surface area contributed by atoms with E-state index in [-0.39, 0.29) is 5.02 Å². The third-order valence-electron chi connectivity index (χ3n) is 2.13. The van der Waals surface area contributed by atoms with Crippen LogP contribution < -0.4 is 11.1 Å². The van der Waals surface area contributed by atoms with Crippen LogP contribution in [-0.2, 0) is 6.54 Å². The number of hydrogen-bond acceptors (Lipinski definition) is 3. The van der Waals surface area contributed by atoms with Crippen molar-refractivity contribution in [1.29, 1.82) is 0 Å². The molecule has 0 aliphatic heterocycles. The molecule has 2 rings (SSSR count). The molecule has 0 aliphatic carbocycles. The monoisotopic (exact) mass is 256 g/mol. The Kier molecular flexibility index (Phi) is 3.31. The van der Waals surface area contributed by atoms with E-state index >= 15 is 0 Å². The van der Waals surface area contributed by atoms with Crippen LogP contribution in [0.25, 0.3) is 0 Å². The van der Waals surface area contributed by atoms with Gasteiger partial charge in [-0.15, -0.1) is 11.3 Å². The molecule has 5 heteroatoms. The van der Waals surface area contributed by atoms with Gasteiger partial charge in [0.05, 0.1) is 16.4 Å². The summed E-state index contributed by atoms with van der Waals surface area (Å²) < 4.78 is 13.2. The van der Waals surface area contributed by atoms with Crippen molar-refractivity contribution in [3.05, 3.63) is 45.4 Å². The molecule has 2 aromatic rings. The summed E-state index contributed by atoms with van der Waals surface area (Å²) in [6.45, 7) is 0.628. The molecule has 0 bridgehead atoms. The first kappa shape index (κ1) is 11.2. The molecule has 84 valence electrons. The zero-order valence-corrected chi connectivity index (χ0v) is 9.91. The number of nitrogens with two attached hydrogens (primary N) is 1. The molecule has 0 aliphatic rings. The van der Waals surface area contributed by atoms with Gasteiger partial charge in [-0.25, -0.2) is 4.39 Å².